The molecule has 0 rings (SSSR count). The van der Waals surface area contributed by atoms with E-state index in [-0.39, 0.29) is 32.7 Å². The standard InChI is InChI=1S/C12H18N3O7/c1-2-8(16)15(5-3-13-7-9(17)18)6-4-14-10(11(19)20)12(21)22/h2,10,14H,1,3-7H2,(H,17,18)(H,19,20)(H,21,22). The molecule has 123 valence electrons. The zero-order valence-electron chi connectivity index (χ0n) is 11.8. The second kappa shape index (κ2) is 10.3. The summed E-state index contributed by atoms with van der Waals surface area (Å²) in [6, 6.07) is -1.77. The Bertz CT molecular complexity index is 424. The average Bonchev–Trinajstić information content (AvgIpc) is 2.43. The van der Waals surface area contributed by atoms with Crippen molar-refractivity contribution >= 4 is 23.8 Å². The molecule has 0 saturated carbocycles. The van der Waals surface area contributed by atoms with Crippen LogP contribution in [0.5, 0.6) is 0 Å². The number of amides is 1. The molecule has 0 aromatic carbocycles. The molecule has 0 aromatic heterocycles. The van der Waals surface area contributed by atoms with Crippen LogP contribution in [0.25, 0.3) is 0 Å². The van der Waals surface area contributed by atoms with Gasteiger partial charge in [0.15, 0.2) is 0 Å². The minimum absolute atomic E-state index is 0.0322. The van der Waals surface area contributed by atoms with Gasteiger partial charge in [0.1, 0.15) is 6.54 Å². The Balaban J connectivity index is 4.33. The summed E-state index contributed by atoms with van der Waals surface area (Å²) in [5, 5.41) is 31.8. The first-order valence-electron chi connectivity index (χ1n) is 6.25. The molecule has 0 bridgehead atoms. The van der Waals surface area contributed by atoms with E-state index in [0.717, 1.165) is 6.08 Å². The van der Waals surface area contributed by atoms with Gasteiger partial charge in [-0.05, 0) is 6.08 Å². The first-order valence-corrected chi connectivity index (χ1v) is 6.25. The van der Waals surface area contributed by atoms with Crippen LogP contribution in [-0.4, -0.2) is 82.8 Å². The molecule has 0 unspecified atom stereocenters. The zero-order chi connectivity index (χ0) is 17.1. The first kappa shape index (κ1) is 19.5. The van der Waals surface area contributed by atoms with Crippen molar-refractivity contribution in [2.75, 3.05) is 32.7 Å². The monoisotopic (exact) mass is 316 g/mol. The van der Waals surface area contributed by atoms with Crippen molar-refractivity contribution in [3.63, 3.8) is 0 Å². The summed E-state index contributed by atoms with van der Waals surface area (Å²) in [6.45, 7) is 3.10. The van der Waals surface area contributed by atoms with Gasteiger partial charge in [-0.2, -0.15) is 0 Å². The normalized spacial score (nSPS) is 10.2. The first-order chi connectivity index (χ1) is 10.3. The van der Waals surface area contributed by atoms with Gasteiger partial charge < -0.3 is 20.2 Å². The molecule has 1 amide bonds. The third kappa shape index (κ3) is 7.97. The Kier molecular flexibility index (Phi) is 9.14. The van der Waals surface area contributed by atoms with Crippen LogP contribution in [0, 0.1) is 0 Å². The molecule has 0 aliphatic carbocycles. The van der Waals surface area contributed by atoms with Crippen molar-refractivity contribution in [2.24, 2.45) is 0 Å². The van der Waals surface area contributed by atoms with Crippen LogP contribution in [0.1, 0.15) is 0 Å². The topological polar surface area (TPSA) is 158 Å². The number of aliphatic carboxylic acids is 3. The Morgan fingerprint density at radius 3 is 2.18 bits per heavy atom. The number of carboxylic acid groups (broad SMARTS) is 3. The van der Waals surface area contributed by atoms with E-state index in [1.165, 1.54) is 4.90 Å². The maximum atomic E-state index is 11.6. The van der Waals surface area contributed by atoms with E-state index in [1.54, 1.807) is 0 Å². The second-order valence-corrected chi connectivity index (χ2v) is 4.09. The number of carbonyl (C=O) groups is 4. The lowest BCUT2D eigenvalue weighted by Crippen LogP contribution is -2.47. The van der Waals surface area contributed by atoms with Crippen molar-refractivity contribution in [1.29, 1.82) is 0 Å². The lowest BCUT2D eigenvalue weighted by atomic mass is 10.3. The Morgan fingerprint density at radius 1 is 1.14 bits per heavy atom. The van der Waals surface area contributed by atoms with Crippen molar-refractivity contribution in [2.45, 2.75) is 6.04 Å². The molecule has 0 atom stereocenters. The largest absolute Gasteiger partial charge is 0.480 e. The van der Waals surface area contributed by atoms with Crippen LogP contribution < -0.4 is 10.6 Å². The minimum atomic E-state index is -1.77. The average molecular weight is 316 g/mol. The molecule has 0 heterocycles. The summed E-state index contributed by atoms with van der Waals surface area (Å²) >= 11 is 0. The van der Waals surface area contributed by atoms with Gasteiger partial charge in [0.05, 0.1) is 0 Å². The minimum Gasteiger partial charge on any atom is -0.480 e. The highest BCUT2D eigenvalue weighted by Crippen LogP contribution is 1.92. The van der Waals surface area contributed by atoms with Gasteiger partial charge in [0.25, 0.3) is 0 Å². The smallest absolute Gasteiger partial charge is 0.332 e. The molecule has 1 radical (unpaired) electrons. The van der Waals surface area contributed by atoms with Crippen molar-refractivity contribution < 1.29 is 34.5 Å². The number of hydrogen-bond donors (Lipinski definition) is 4. The fourth-order valence-corrected chi connectivity index (χ4v) is 1.45. The molecule has 22 heavy (non-hydrogen) atoms. The highest BCUT2D eigenvalue weighted by Gasteiger charge is 2.25. The zero-order valence-corrected chi connectivity index (χ0v) is 11.8. The van der Waals surface area contributed by atoms with E-state index in [2.05, 4.69) is 17.2 Å². The van der Waals surface area contributed by atoms with Gasteiger partial charge >= 0.3 is 17.9 Å². The Labute approximate surface area is 126 Å². The summed E-state index contributed by atoms with van der Waals surface area (Å²) in [6.07, 6.45) is 1.04. The molecule has 10 heteroatoms. The summed E-state index contributed by atoms with van der Waals surface area (Å²) in [5.41, 5.74) is 0. The van der Waals surface area contributed by atoms with Gasteiger partial charge in [-0.25, -0.2) is 14.9 Å². The number of carboxylic acids is 3. The van der Waals surface area contributed by atoms with E-state index in [9.17, 15) is 19.2 Å². The van der Waals surface area contributed by atoms with E-state index in [1.807, 2.05) is 0 Å². The highest BCUT2D eigenvalue weighted by molar-refractivity contribution is 5.97. The van der Waals surface area contributed by atoms with Crippen LogP contribution in [-0.2, 0) is 19.2 Å². The number of nitrogens with one attached hydrogen (secondary N) is 1. The fourth-order valence-electron chi connectivity index (χ4n) is 1.45. The quantitative estimate of drug-likeness (QED) is 0.180. The van der Waals surface area contributed by atoms with E-state index in [4.69, 9.17) is 15.3 Å². The highest BCUT2D eigenvalue weighted by atomic mass is 16.4. The summed E-state index contributed by atoms with van der Waals surface area (Å²) < 4.78 is 0. The molecular formula is C12H18N3O7. The summed E-state index contributed by atoms with van der Waals surface area (Å²) in [5.74, 6) is -4.61. The molecule has 0 aliphatic rings. The third-order valence-electron chi connectivity index (χ3n) is 2.49. The van der Waals surface area contributed by atoms with E-state index in [0.29, 0.717) is 0 Å². The lowest BCUT2D eigenvalue weighted by molar-refractivity contribution is -0.151. The predicted molar refractivity (Wildman–Crippen MR) is 73.3 cm³/mol. The van der Waals surface area contributed by atoms with Gasteiger partial charge in [0.2, 0.25) is 11.9 Å². The summed E-state index contributed by atoms with van der Waals surface area (Å²) in [7, 11) is 0. The molecule has 0 fully saturated rings. The number of hydrogen-bond acceptors (Lipinski definition) is 5. The maximum absolute atomic E-state index is 11.6. The van der Waals surface area contributed by atoms with Crippen molar-refractivity contribution in [1.82, 2.24) is 15.5 Å². The van der Waals surface area contributed by atoms with Crippen LogP contribution in [0.15, 0.2) is 12.7 Å². The lowest BCUT2D eigenvalue weighted by Gasteiger charge is -2.21. The predicted octanol–water partition coefficient (Wildman–Crippen LogP) is -2.18. The summed E-state index contributed by atoms with van der Waals surface area (Å²) in [4.78, 5) is 44.5. The number of nitrogens with zero attached hydrogens (tertiary/aromatic N) is 2. The molecule has 0 aromatic rings. The van der Waals surface area contributed by atoms with Crippen LogP contribution in [0.4, 0.5) is 0 Å². The third-order valence-corrected chi connectivity index (χ3v) is 2.49. The SMILES string of the molecule is C=CC(=O)N(CC[N]CC(=O)O)CCNC(C(=O)O)C(=O)O. The molecule has 10 nitrogen and oxygen atoms in total. The maximum Gasteiger partial charge on any atom is 0.332 e. The molecule has 0 aliphatic heterocycles. The van der Waals surface area contributed by atoms with Crippen molar-refractivity contribution in [3.05, 3.63) is 12.7 Å². The second-order valence-electron chi connectivity index (χ2n) is 4.09. The van der Waals surface area contributed by atoms with Gasteiger partial charge in [-0.15, -0.1) is 0 Å². The van der Waals surface area contributed by atoms with Crippen LogP contribution >= 0.6 is 0 Å². The van der Waals surface area contributed by atoms with Crippen LogP contribution in [0.3, 0.4) is 0 Å². The van der Waals surface area contributed by atoms with E-state index < -0.39 is 29.9 Å². The van der Waals surface area contributed by atoms with Crippen LogP contribution in [0.2, 0.25) is 0 Å². The molecule has 0 saturated heterocycles. The van der Waals surface area contributed by atoms with Crippen molar-refractivity contribution in [3.8, 4) is 0 Å². The fraction of sp³-hybridized carbons (Fsp3) is 0.500. The molecule has 4 N–H and O–H groups in total. The Hall–Kier alpha value is -2.46. The number of carbonyl (C=O) groups excluding carboxylic acids is 1. The molecular weight excluding hydrogens is 298 g/mol. The molecule has 0 spiro atoms. The van der Waals surface area contributed by atoms with E-state index >= 15 is 0 Å². The van der Waals surface area contributed by atoms with Gasteiger partial charge in [-0.3, -0.25) is 14.9 Å². The number of rotatable bonds is 12. The Morgan fingerprint density at radius 2 is 1.73 bits per heavy atom. The van der Waals surface area contributed by atoms with Gasteiger partial charge in [-0.1, -0.05) is 6.58 Å². The van der Waals surface area contributed by atoms with Gasteiger partial charge in [0, 0.05) is 26.2 Å².